The smallest absolute Gasteiger partial charge is 0.335 e. The lowest BCUT2D eigenvalue weighted by Crippen LogP contribution is -2.17. The van der Waals surface area contributed by atoms with Crippen molar-refractivity contribution < 1.29 is 14.3 Å². The van der Waals surface area contributed by atoms with Gasteiger partial charge >= 0.3 is 5.97 Å². The van der Waals surface area contributed by atoms with E-state index in [-0.39, 0.29) is 11.4 Å². The Labute approximate surface area is 130 Å². The summed E-state index contributed by atoms with van der Waals surface area (Å²) < 4.78 is 13.8. The first kappa shape index (κ1) is 15.7. The maximum atomic E-state index is 13.0. The van der Waals surface area contributed by atoms with Gasteiger partial charge in [0.25, 0.3) is 0 Å². The first-order chi connectivity index (χ1) is 10.1. The molecular weight excluding hydrogens is 337 g/mol. The Morgan fingerprint density at radius 2 is 2.05 bits per heavy atom. The topological polar surface area (TPSA) is 49.3 Å². The fourth-order valence-corrected chi connectivity index (χ4v) is 2.49. The van der Waals surface area contributed by atoms with Crippen LogP contribution in [0.5, 0.6) is 0 Å². The molecule has 0 amide bonds. The average Bonchev–Trinajstić information content (AvgIpc) is 2.45. The molecule has 0 radical (unpaired) electrons. The molecule has 0 bridgehead atoms. The van der Waals surface area contributed by atoms with Crippen LogP contribution in [0.15, 0.2) is 46.9 Å². The third kappa shape index (κ3) is 4.65. The third-order valence-electron chi connectivity index (χ3n) is 3.09. The van der Waals surface area contributed by atoms with Crippen LogP contribution >= 0.6 is 15.9 Å². The lowest BCUT2D eigenvalue weighted by molar-refractivity contribution is 0.0697. The van der Waals surface area contributed by atoms with E-state index < -0.39 is 5.97 Å². The largest absolute Gasteiger partial charge is 0.478 e. The summed E-state index contributed by atoms with van der Waals surface area (Å²) in [6, 6.07) is 11.5. The Balaban J connectivity index is 1.85. The highest BCUT2D eigenvalue weighted by molar-refractivity contribution is 9.10. The van der Waals surface area contributed by atoms with Gasteiger partial charge < -0.3 is 10.4 Å². The van der Waals surface area contributed by atoms with Crippen molar-refractivity contribution in [2.75, 3.05) is 6.54 Å². The Bertz CT molecular complexity index is 646. The number of rotatable bonds is 6. The number of carboxylic acid groups (broad SMARTS) is 1. The second kappa shape index (κ2) is 7.33. The van der Waals surface area contributed by atoms with Crippen LogP contribution in [0, 0.1) is 5.82 Å². The van der Waals surface area contributed by atoms with Gasteiger partial charge in [-0.05, 0) is 48.4 Å². The predicted molar refractivity (Wildman–Crippen MR) is 82.9 cm³/mol. The van der Waals surface area contributed by atoms with Gasteiger partial charge in [-0.15, -0.1) is 0 Å². The van der Waals surface area contributed by atoms with E-state index in [2.05, 4.69) is 21.2 Å². The van der Waals surface area contributed by atoms with Gasteiger partial charge in [0, 0.05) is 11.0 Å². The zero-order valence-corrected chi connectivity index (χ0v) is 12.9. The van der Waals surface area contributed by atoms with Crippen molar-refractivity contribution in [3.05, 3.63) is 69.4 Å². The molecule has 0 aliphatic carbocycles. The first-order valence-corrected chi connectivity index (χ1v) is 7.32. The van der Waals surface area contributed by atoms with E-state index in [0.29, 0.717) is 6.54 Å². The Hall–Kier alpha value is -1.72. The molecule has 0 unspecified atom stereocenters. The first-order valence-electron chi connectivity index (χ1n) is 6.53. The maximum Gasteiger partial charge on any atom is 0.335 e. The van der Waals surface area contributed by atoms with Gasteiger partial charge in [0.2, 0.25) is 0 Å². The van der Waals surface area contributed by atoms with E-state index in [4.69, 9.17) is 5.11 Å². The highest BCUT2D eigenvalue weighted by Gasteiger charge is 2.06. The molecule has 3 nitrogen and oxygen atoms in total. The summed E-state index contributed by atoms with van der Waals surface area (Å²) >= 11 is 3.37. The van der Waals surface area contributed by atoms with Gasteiger partial charge in [-0.2, -0.15) is 0 Å². The number of aromatic carboxylic acids is 1. The van der Waals surface area contributed by atoms with Crippen LogP contribution < -0.4 is 5.32 Å². The van der Waals surface area contributed by atoms with Crippen LogP contribution in [0.4, 0.5) is 4.39 Å². The Kier molecular flexibility index (Phi) is 5.47. The minimum atomic E-state index is -0.943. The summed E-state index contributed by atoms with van der Waals surface area (Å²) in [5.41, 5.74) is 2.19. The number of hydrogen-bond acceptors (Lipinski definition) is 2. The molecule has 2 N–H and O–H groups in total. The molecule has 0 heterocycles. The van der Waals surface area contributed by atoms with E-state index in [0.717, 1.165) is 28.6 Å². The van der Waals surface area contributed by atoms with Crippen LogP contribution in [0.3, 0.4) is 0 Å². The minimum absolute atomic E-state index is 0.223. The number of hydrogen-bond donors (Lipinski definition) is 2. The lowest BCUT2D eigenvalue weighted by Gasteiger charge is -2.08. The van der Waals surface area contributed by atoms with E-state index in [1.54, 1.807) is 24.3 Å². The van der Waals surface area contributed by atoms with Crippen LogP contribution in [0.1, 0.15) is 21.5 Å². The van der Waals surface area contributed by atoms with Crippen molar-refractivity contribution in [1.82, 2.24) is 5.32 Å². The number of carboxylic acids is 1. The maximum absolute atomic E-state index is 13.0. The Morgan fingerprint density at radius 3 is 2.71 bits per heavy atom. The molecule has 0 atom stereocenters. The second-order valence-corrected chi connectivity index (χ2v) is 5.52. The summed E-state index contributed by atoms with van der Waals surface area (Å²) in [6.07, 6.45) is 0.739. The van der Waals surface area contributed by atoms with E-state index >= 15 is 0 Å². The van der Waals surface area contributed by atoms with Gasteiger partial charge in [-0.1, -0.05) is 34.1 Å². The van der Waals surface area contributed by atoms with Gasteiger partial charge in [-0.25, -0.2) is 9.18 Å². The molecule has 2 aromatic rings. The van der Waals surface area contributed by atoms with Crippen molar-refractivity contribution in [1.29, 1.82) is 0 Å². The SMILES string of the molecule is O=C(O)c1ccc(CNCCc2cccc(F)c2)c(Br)c1. The van der Waals surface area contributed by atoms with Crippen molar-refractivity contribution in [2.45, 2.75) is 13.0 Å². The van der Waals surface area contributed by atoms with Crippen molar-refractivity contribution in [2.24, 2.45) is 0 Å². The molecule has 2 aromatic carbocycles. The van der Waals surface area contributed by atoms with Crippen LogP contribution in [0.25, 0.3) is 0 Å². The van der Waals surface area contributed by atoms with Crippen molar-refractivity contribution in [3.63, 3.8) is 0 Å². The molecule has 0 fully saturated rings. The zero-order valence-electron chi connectivity index (χ0n) is 11.3. The van der Waals surface area contributed by atoms with Crippen LogP contribution in [-0.2, 0) is 13.0 Å². The monoisotopic (exact) mass is 351 g/mol. The summed E-state index contributed by atoms with van der Waals surface area (Å²) in [4.78, 5) is 10.8. The van der Waals surface area contributed by atoms with Crippen LogP contribution in [0.2, 0.25) is 0 Å². The average molecular weight is 352 g/mol. The van der Waals surface area contributed by atoms with E-state index in [1.165, 1.54) is 12.1 Å². The number of carbonyl (C=O) groups is 1. The number of halogens is 2. The van der Waals surface area contributed by atoms with Gasteiger partial charge in [0.15, 0.2) is 0 Å². The molecule has 0 aliphatic rings. The molecule has 0 aliphatic heterocycles. The van der Waals surface area contributed by atoms with E-state index in [1.807, 2.05) is 6.07 Å². The summed E-state index contributed by atoms with van der Waals surface area (Å²) in [5.74, 6) is -1.17. The van der Waals surface area contributed by atoms with Crippen molar-refractivity contribution >= 4 is 21.9 Å². The fourth-order valence-electron chi connectivity index (χ4n) is 1.97. The number of benzene rings is 2. The van der Waals surface area contributed by atoms with Gasteiger partial charge in [0.05, 0.1) is 5.56 Å². The number of nitrogens with one attached hydrogen (secondary N) is 1. The summed E-state index contributed by atoms with van der Waals surface area (Å²) in [6.45, 7) is 1.34. The summed E-state index contributed by atoms with van der Waals surface area (Å²) in [5, 5.41) is 12.2. The molecule has 0 saturated carbocycles. The molecule has 5 heteroatoms. The molecule has 21 heavy (non-hydrogen) atoms. The predicted octanol–water partition coefficient (Wildman–Crippen LogP) is 3.62. The quantitative estimate of drug-likeness (QED) is 0.781. The molecule has 110 valence electrons. The molecule has 0 saturated heterocycles. The normalized spacial score (nSPS) is 10.6. The van der Waals surface area contributed by atoms with Crippen molar-refractivity contribution in [3.8, 4) is 0 Å². The highest BCUT2D eigenvalue weighted by atomic mass is 79.9. The second-order valence-electron chi connectivity index (χ2n) is 4.67. The van der Waals surface area contributed by atoms with E-state index in [9.17, 15) is 9.18 Å². The zero-order chi connectivity index (χ0) is 15.2. The molecule has 0 aromatic heterocycles. The lowest BCUT2D eigenvalue weighted by atomic mass is 10.1. The Morgan fingerprint density at radius 1 is 1.24 bits per heavy atom. The molecular formula is C16H15BrFNO2. The molecule has 2 rings (SSSR count). The van der Waals surface area contributed by atoms with Gasteiger partial charge in [-0.3, -0.25) is 0 Å². The van der Waals surface area contributed by atoms with Gasteiger partial charge in [0.1, 0.15) is 5.82 Å². The summed E-state index contributed by atoms with van der Waals surface area (Å²) in [7, 11) is 0. The third-order valence-corrected chi connectivity index (χ3v) is 3.83. The highest BCUT2D eigenvalue weighted by Crippen LogP contribution is 2.18. The standard InChI is InChI=1S/C16H15BrFNO2/c17-15-9-12(16(20)21)4-5-13(15)10-19-7-6-11-2-1-3-14(18)8-11/h1-5,8-9,19H,6-7,10H2,(H,20,21). The fraction of sp³-hybridized carbons (Fsp3) is 0.188. The minimum Gasteiger partial charge on any atom is -0.478 e. The molecule has 0 spiro atoms. The van der Waals surface area contributed by atoms with Crippen LogP contribution in [-0.4, -0.2) is 17.6 Å².